The Morgan fingerprint density at radius 2 is 2.00 bits per heavy atom. The van der Waals surface area contributed by atoms with Crippen LogP contribution < -0.4 is 4.57 Å². The predicted octanol–water partition coefficient (Wildman–Crippen LogP) is 4.40. The van der Waals surface area contributed by atoms with Crippen molar-refractivity contribution in [1.82, 2.24) is 4.98 Å². The molecule has 3 aromatic heterocycles. The fourth-order valence-corrected chi connectivity index (χ4v) is 2.96. The Morgan fingerprint density at radius 1 is 1.09 bits per heavy atom. The van der Waals surface area contributed by atoms with Crippen molar-refractivity contribution in [2.45, 2.75) is 20.6 Å². The quantitative estimate of drug-likeness (QED) is 0.488. The van der Waals surface area contributed by atoms with Gasteiger partial charge in [0, 0.05) is 30.9 Å². The average molecular weight is 309 g/mol. The normalized spacial score (nSPS) is 16.4. The molecule has 23 heavy (non-hydrogen) atoms. The van der Waals surface area contributed by atoms with Crippen LogP contribution in [0.2, 0.25) is 0 Å². The number of hydrogen-bond donors (Lipinski definition) is 0. The Kier molecular flexibility index (Phi) is 1.89. The molecule has 1 aromatic carbocycles. The number of aryl methyl sites for hydroxylation is 4. The lowest BCUT2D eigenvalue weighted by Crippen LogP contribution is -2.31. The lowest BCUT2D eigenvalue weighted by atomic mass is 10.0. The Labute approximate surface area is 143 Å². The third kappa shape index (κ3) is 2.20. The van der Waals surface area contributed by atoms with Gasteiger partial charge >= 0.3 is 0 Å². The van der Waals surface area contributed by atoms with E-state index in [0.29, 0.717) is 16.7 Å². The fourth-order valence-electron chi connectivity index (χ4n) is 2.96. The molecule has 0 unspecified atom stereocenters. The van der Waals surface area contributed by atoms with E-state index in [1.807, 2.05) is 19.1 Å². The highest BCUT2D eigenvalue weighted by atomic mass is 16.3. The Hall–Kier alpha value is -2.68. The maximum absolute atomic E-state index is 7.58. The van der Waals surface area contributed by atoms with E-state index in [9.17, 15) is 0 Å². The highest BCUT2D eigenvalue weighted by Gasteiger charge is 2.17. The molecule has 0 radical (unpaired) electrons. The first-order chi connectivity index (χ1) is 13.4. The molecule has 0 aliphatic rings. The largest absolute Gasteiger partial charge is 0.454 e. The summed E-state index contributed by atoms with van der Waals surface area (Å²) in [6.07, 6.45) is 1.61. The highest BCUT2D eigenvalue weighted by molar-refractivity contribution is 6.04. The first kappa shape index (κ1) is 8.82. The number of benzene rings is 1. The number of nitrogens with zero attached hydrogens (tertiary/aromatic N) is 2. The van der Waals surface area contributed by atoms with Gasteiger partial charge in [0.05, 0.1) is 5.56 Å². The molecule has 0 saturated carbocycles. The molecule has 4 aromatic rings. The van der Waals surface area contributed by atoms with Crippen molar-refractivity contribution in [3.8, 4) is 11.3 Å². The van der Waals surface area contributed by atoms with Gasteiger partial charge in [0.25, 0.3) is 0 Å². The number of rotatable bonds is 1. The monoisotopic (exact) mass is 309 g/mol. The van der Waals surface area contributed by atoms with E-state index in [1.54, 1.807) is 36.0 Å². The van der Waals surface area contributed by atoms with Crippen molar-refractivity contribution in [1.29, 1.82) is 0 Å². The number of fused-ring (bicyclic) bond motifs is 3. The van der Waals surface area contributed by atoms with Gasteiger partial charge in [-0.3, -0.25) is 0 Å². The second-order valence-electron chi connectivity index (χ2n) is 5.72. The number of pyridine rings is 2. The Bertz CT molecular complexity index is 1250. The summed E-state index contributed by atoms with van der Waals surface area (Å²) in [6.45, 7) is -2.51. The van der Waals surface area contributed by atoms with E-state index in [4.69, 9.17) is 12.6 Å². The van der Waals surface area contributed by atoms with Crippen LogP contribution >= 0.6 is 0 Å². The third-order valence-corrected chi connectivity index (χ3v) is 4.07. The third-order valence-electron chi connectivity index (χ3n) is 4.07. The molecule has 3 heteroatoms. The zero-order valence-electron chi connectivity index (χ0n) is 18.8. The molecule has 0 aliphatic carbocycles. The molecule has 3 heterocycles. The molecule has 114 valence electrons. The maximum atomic E-state index is 7.58. The standard InChI is InChI=1S/C20H19N2O/c1-12-5-7-17(22(4)11-12)15-10-19-16(9-13(15)2)20-18(23-19)8-6-14(3)21-20/h5-11H,1-4H3/q+1/i1D3,3D3. The van der Waals surface area contributed by atoms with Crippen molar-refractivity contribution >= 4 is 22.1 Å². The second-order valence-corrected chi connectivity index (χ2v) is 5.72. The zero-order valence-corrected chi connectivity index (χ0v) is 12.8. The first-order valence-electron chi connectivity index (χ1n) is 10.3. The number of aromatic nitrogens is 2. The molecule has 0 bridgehead atoms. The summed E-state index contributed by atoms with van der Waals surface area (Å²) in [5.41, 5.74) is 4.61. The van der Waals surface area contributed by atoms with Gasteiger partial charge in [0.1, 0.15) is 18.1 Å². The molecule has 3 nitrogen and oxygen atoms in total. The highest BCUT2D eigenvalue weighted by Crippen LogP contribution is 2.32. The van der Waals surface area contributed by atoms with Gasteiger partial charge in [-0.2, -0.15) is 0 Å². The SMILES string of the molecule is [2H]C([2H])([2H])c1ccc(-c2cc3oc4ccc(C([2H])([2H])[2H])nc4c3cc2C)[n+](C)c1. The molecule has 0 atom stereocenters. The van der Waals surface area contributed by atoms with Gasteiger partial charge in [0.2, 0.25) is 5.69 Å². The minimum atomic E-state index is -2.29. The predicted molar refractivity (Wildman–Crippen MR) is 92.3 cm³/mol. The summed E-state index contributed by atoms with van der Waals surface area (Å²) in [4.78, 5) is 4.31. The lowest BCUT2D eigenvalue weighted by molar-refractivity contribution is -0.660. The van der Waals surface area contributed by atoms with E-state index in [-0.39, 0.29) is 11.3 Å². The van der Waals surface area contributed by atoms with Gasteiger partial charge in [-0.05, 0) is 56.5 Å². The van der Waals surface area contributed by atoms with Crippen LogP contribution in [0.4, 0.5) is 0 Å². The van der Waals surface area contributed by atoms with Gasteiger partial charge < -0.3 is 4.42 Å². The van der Waals surface area contributed by atoms with Crippen LogP contribution in [0.5, 0.6) is 0 Å². The smallest absolute Gasteiger partial charge is 0.212 e. The Morgan fingerprint density at radius 3 is 2.78 bits per heavy atom. The van der Waals surface area contributed by atoms with Crippen LogP contribution in [0.25, 0.3) is 33.3 Å². The number of hydrogen-bond acceptors (Lipinski definition) is 2. The van der Waals surface area contributed by atoms with Crippen molar-refractivity contribution in [3.63, 3.8) is 0 Å². The summed E-state index contributed by atoms with van der Waals surface area (Å²) in [5.74, 6) is 0. The van der Waals surface area contributed by atoms with Gasteiger partial charge in [-0.15, -0.1) is 0 Å². The van der Waals surface area contributed by atoms with E-state index in [0.717, 1.165) is 22.2 Å². The fraction of sp³-hybridized carbons (Fsp3) is 0.200. The van der Waals surface area contributed by atoms with Crippen LogP contribution in [0.3, 0.4) is 0 Å². The number of furan rings is 1. The molecule has 0 spiro atoms. The minimum Gasteiger partial charge on any atom is -0.454 e. The lowest BCUT2D eigenvalue weighted by Gasteiger charge is -2.05. The van der Waals surface area contributed by atoms with E-state index >= 15 is 0 Å². The van der Waals surface area contributed by atoms with Crippen molar-refractivity contribution in [2.75, 3.05) is 0 Å². The van der Waals surface area contributed by atoms with Crippen LogP contribution in [0.15, 0.2) is 47.0 Å². The molecule has 4 rings (SSSR count). The molecular formula is C20H19N2O+. The van der Waals surface area contributed by atoms with Gasteiger partial charge in [0.15, 0.2) is 11.8 Å². The van der Waals surface area contributed by atoms with Crippen molar-refractivity contribution in [3.05, 3.63) is 59.4 Å². The summed E-state index contributed by atoms with van der Waals surface area (Å²) < 4.78 is 53.2. The summed E-state index contributed by atoms with van der Waals surface area (Å²) in [7, 11) is 1.80. The van der Waals surface area contributed by atoms with E-state index in [2.05, 4.69) is 4.98 Å². The molecule has 0 N–H and O–H groups in total. The van der Waals surface area contributed by atoms with Crippen LogP contribution in [0.1, 0.15) is 25.0 Å². The molecule has 0 amide bonds. The zero-order chi connectivity index (χ0) is 21.1. The summed E-state index contributed by atoms with van der Waals surface area (Å²) in [5, 5.41) is 0.745. The maximum Gasteiger partial charge on any atom is 0.212 e. The van der Waals surface area contributed by atoms with Crippen LogP contribution in [-0.2, 0) is 7.05 Å². The van der Waals surface area contributed by atoms with E-state index in [1.165, 1.54) is 6.07 Å². The second kappa shape index (κ2) is 4.92. The average Bonchev–Trinajstić information content (AvgIpc) is 2.96. The molecule has 0 fully saturated rings. The summed E-state index contributed by atoms with van der Waals surface area (Å²) >= 11 is 0. The van der Waals surface area contributed by atoms with Gasteiger partial charge in [-0.25, -0.2) is 9.55 Å². The van der Waals surface area contributed by atoms with Crippen LogP contribution in [0, 0.1) is 20.6 Å². The van der Waals surface area contributed by atoms with Crippen molar-refractivity contribution < 1.29 is 17.2 Å². The van der Waals surface area contributed by atoms with Crippen LogP contribution in [-0.4, -0.2) is 4.98 Å². The van der Waals surface area contributed by atoms with Crippen molar-refractivity contribution in [2.24, 2.45) is 7.05 Å². The summed E-state index contributed by atoms with van der Waals surface area (Å²) in [6, 6.07) is 10.3. The van der Waals surface area contributed by atoms with E-state index < -0.39 is 13.7 Å². The van der Waals surface area contributed by atoms with Gasteiger partial charge in [-0.1, -0.05) is 0 Å². The molecular weight excluding hydrogens is 284 g/mol. The minimum absolute atomic E-state index is 0.0288. The Balaban J connectivity index is 1.90. The molecule has 0 saturated heterocycles. The molecule has 0 aliphatic heterocycles. The first-order valence-corrected chi connectivity index (χ1v) is 7.30. The topological polar surface area (TPSA) is 29.9 Å².